The maximum atomic E-state index is 12.0. The van der Waals surface area contributed by atoms with Crippen LogP contribution in [0.3, 0.4) is 0 Å². The minimum absolute atomic E-state index is 0.0981. The quantitative estimate of drug-likeness (QED) is 0.887. The number of nitrogens with one attached hydrogen (secondary N) is 1. The molecule has 21 heavy (non-hydrogen) atoms. The van der Waals surface area contributed by atoms with E-state index in [1.165, 1.54) is 0 Å². The van der Waals surface area contributed by atoms with Crippen molar-refractivity contribution in [2.75, 3.05) is 13.6 Å². The fourth-order valence-electron chi connectivity index (χ4n) is 2.09. The summed E-state index contributed by atoms with van der Waals surface area (Å²) < 4.78 is 0. The standard InChI is InChI=1S/C17H20N2O2/c1-19(13-15-6-3-2-4-7-15)17(21)18-11-10-14-8-5-9-16(20)12-14/h2-9,12,20H,10-11,13H2,1H3,(H,18,21). The van der Waals surface area contributed by atoms with Gasteiger partial charge in [-0.15, -0.1) is 0 Å². The number of hydrogen-bond donors (Lipinski definition) is 2. The molecule has 0 aliphatic carbocycles. The first-order chi connectivity index (χ1) is 10.1. The third kappa shape index (κ3) is 4.84. The normalized spacial score (nSPS) is 10.1. The summed E-state index contributed by atoms with van der Waals surface area (Å²) in [5.74, 6) is 0.250. The van der Waals surface area contributed by atoms with Gasteiger partial charge in [0.05, 0.1) is 0 Å². The highest BCUT2D eigenvalue weighted by Gasteiger charge is 2.08. The average Bonchev–Trinajstić information content (AvgIpc) is 2.48. The van der Waals surface area contributed by atoms with Gasteiger partial charge < -0.3 is 15.3 Å². The number of urea groups is 1. The third-order valence-electron chi connectivity index (χ3n) is 3.21. The molecule has 0 saturated heterocycles. The second-order valence-electron chi connectivity index (χ2n) is 4.99. The van der Waals surface area contributed by atoms with Crippen LogP contribution in [0.4, 0.5) is 4.79 Å². The molecule has 0 bridgehead atoms. The van der Waals surface area contributed by atoms with E-state index in [1.807, 2.05) is 36.4 Å². The monoisotopic (exact) mass is 284 g/mol. The minimum atomic E-state index is -0.0981. The summed E-state index contributed by atoms with van der Waals surface area (Å²) in [6.07, 6.45) is 0.694. The highest BCUT2D eigenvalue weighted by atomic mass is 16.3. The van der Waals surface area contributed by atoms with E-state index < -0.39 is 0 Å². The summed E-state index contributed by atoms with van der Waals surface area (Å²) in [7, 11) is 1.77. The molecule has 0 unspecified atom stereocenters. The van der Waals surface area contributed by atoms with Crippen molar-refractivity contribution in [2.45, 2.75) is 13.0 Å². The van der Waals surface area contributed by atoms with Crippen molar-refractivity contribution in [1.82, 2.24) is 10.2 Å². The van der Waals surface area contributed by atoms with Crippen molar-refractivity contribution >= 4 is 6.03 Å². The van der Waals surface area contributed by atoms with E-state index in [-0.39, 0.29) is 11.8 Å². The molecule has 2 N–H and O–H groups in total. The van der Waals surface area contributed by atoms with Gasteiger partial charge in [0.15, 0.2) is 0 Å². The average molecular weight is 284 g/mol. The maximum absolute atomic E-state index is 12.0. The van der Waals surface area contributed by atoms with Crippen LogP contribution in [-0.2, 0) is 13.0 Å². The Balaban J connectivity index is 1.76. The molecular weight excluding hydrogens is 264 g/mol. The Morgan fingerprint density at radius 3 is 2.52 bits per heavy atom. The Morgan fingerprint density at radius 2 is 1.81 bits per heavy atom. The fraction of sp³-hybridized carbons (Fsp3) is 0.235. The van der Waals surface area contributed by atoms with Crippen LogP contribution >= 0.6 is 0 Å². The van der Waals surface area contributed by atoms with E-state index in [2.05, 4.69) is 5.32 Å². The zero-order chi connectivity index (χ0) is 15.1. The van der Waals surface area contributed by atoms with Crippen LogP contribution in [-0.4, -0.2) is 29.6 Å². The Hall–Kier alpha value is -2.49. The van der Waals surface area contributed by atoms with Gasteiger partial charge >= 0.3 is 6.03 Å². The molecule has 4 heteroatoms. The third-order valence-corrected chi connectivity index (χ3v) is 3.21. The van der Waals surface area contributed by atoms with E-state index >= 15 is 0 Å². The molecule has 0 saturated carbocycles. The van der Waals surface area contributed by atoms with Crippen LogP contribution in [0.2, 0.25) is 0 Å². The van der Waals surface area contributed by atoms with Gasteiger partial charge in [-0.1, -0.05) is 42.5 Å². The number of amides is 2. The lowest BCUT2D eigenvalue weighted by atomic mass is 10.1. The highest BCUT2D eigenvalue weighted by Crippen LogP contribution is 2.10. The predicted octanol–water partition coefficient (Wildman–Crippen LogP) is 2.78. The minimum Gasteiger partial charge on any atom is -0.508 e. The van der Waals surface area contributed by atoms with Crippen LogP contribution in [0.1, 0.15) is 11.1 Å². The maximum Gasteiger partial charge on any atom is 0.317 e. The molecule has 0 aliphatic rings. The molecule has 0 aromatic heterocycles. The zero-order valence-corrected chi connectivity index (χ0v) is 12.1. The van der Waals surface area contributed by atoms with E-state index in [9.17, 15) is 9.90 Å². The molecule has 2 aromatic rings. The van der Waals surface area contributed by atoms with Gasteiger partial charge in [-0.05, 0) is 29.7 Å². The van der Waals surface area contributed by atoms with Gasteiger partial charge in [0.2, 0.25) is 0 Å². The molecule has 0 heterocycles. The van der Waals surface area contributed by atoms with Crippen molar-refractivity contribution in [1.29, 1.82) is 0 Å². The van der Waals surface area contributed by atoms with Crippen LogP contribution in [0.15, 0.2) is 54.6 Å². The Kier molecular flexibility index (Phi) is 5.21. The Bertz CT molecular complexity index is 584. The molecule has 0 aliphatic heterocycles. The molecule has 0 spiro atoms. The lowest BCUT2D eigenvalue weighted by Gasteiger charge is -2.18. The summed E-state index contributed by atoms with van der Waals surface area (Å²) in [5.41, 5.74) is 2.10. The first-order valence-corrected chi connectivity index (χ1v) is 6.96. The van der Waals surface area contributed by atoms with E-state index in [0.717, 1.165) is 11.1 Å². The van der Waals surface area contributed by atoms with E-state index in [4.69, 9.17) is 0 Å². The van der Waals surface area contributed by atoms with E-state index in [1.54, 1.807) is 30.1 Å². The fourth-order valence-corrected chi connectivity index (χ4v) is 2.09. The summed E-state index contributed by atoms with van der Waals surface area (Å²) in [5, 5.41) is 12.3. The van der Waals surface area contributed by atoms with Gasteiger partial charge in [0.1, 0.15) is 5.75 Å². The lowest BCUT2D eigenvalue weighted by molar-refractivity contribution is 0.207. The number of phenolic OH excluding ortho intramolecular Hbond substituents is 1. The molecule has 2 aromatic carbocycles. The molecule has 4 nitrogen and oxygen atoms in total. The number of phenols is 1. The summed E-state index contributed by atoms with van der Waals surface area (Å²) in [6, 6.07) is 16.8. The van der Waals surface area contributed by atoms with Crippen LogP contribution in [0.25, 0.3) is 0 Å². The summed E-state index contributed by atoms with van der Waals surface area (Å²) in [6.45, 7) is 1.13. The molecule has 2 rings (SSSR count). The lowest BCUT2D eigenvalue weighted by Crippen LogP contribution is -2.37. The first-order valence-electron chi connectivity index (χ1n) is 6.96. The van der Waals surface area contributed by atoms with E-state index in [0.29, 0.717) is 19.5 Å². The summed E-state index contributed by atoms with van der Waals surface area (Å²) >= 11 is 0. The molecular formula is C17H20N2O2. The number of rotatable bonds is 5. The molecule has 110 valence electrons. The number of benzene rings is 2. The summed E-state index contributed by atoms with van der Waals surface area (Å²) in [4.78, 5) is 13.6. The number of carbonyl (C=O) groups excluding carboxylic acids is 1. The number of aromatic hydroxyl groups is 1. The molecule has 0 atom stereocenters. The van der Waals surface area contributed by atoms with Crippen LogP contribution in [0.5, 0.6) is 5.75 Å². The van der Waals surface area contributed by atoms with Crippen molar-refractivity contribution in [3.8, 4) is 5.75 Å². The SMILES string of the molecule is CN(Cc1ccccc1)C(=O)NCCc1cccc(O)c1. The number of nitrogens with zero attached hydrogens (tertiary/aromatic N) is 1. The van der Waals surface area contributed by atoms with Crippen molar-refractivity contribution in [3.63, 3.8) is 0 Å². The van der Waals surface area contributed by atoms with Crippen LogP contribution in [0, 0.1) is 0 Å². The van der Waals surface area contributed by atoms with Crippen molar-refractivity contribution < 1.29 is 9.90 Å². The second-order valence-corrected chi connectivity index (χ2v) is 4.99. The Labute approximate surface area is 125 Å². The molecule has 0 fully saturated rings. The molecule has 0 radical (unpaired) electrons. The first kappa shape index (κ1) is 14.9. The smallest absolute Gasteiger partial charge is 0.317 e. The van der Waals surface area contributed by atoms with Gasteiger partial charge in [0.25, 0.3) is 0 Å². The second kappa shape index (κ2) is 7.33. The van der Waals surface area contributed by atoms with Gasteiger partial charge in [0, 0.05) is 20.1 Å². The van der Waals surface area contributed by atoms with Gasteiger partial charge in [-0.3, -0.25) is 0 Å². The highest BCUT2D eigenvalue weighted by molar-refractivity contribution is 5.73. The van der Waals surface area contributed by atoms with Crippen molar-refractivity contribution in [2.24, 2.45) is 0 Å². The van der Waals surface area contributed by atoms with Gasteiger partial charge in [-0.2, -0.15) is 0 Å². The van der Waals surface area contributed by atoms with Crippen LogP contribution < -0.4 is 5.32 Å². The Morgan fingerprint density at radius 1 is 1.10 bits per heavy atom. The molecule has 2 amide bonds. The van der Waals surface area contributed by atoms with Crippen molar-refractivity contribution in [3.05, 3.63) is 65.7 Å². The number of hydrogen-bond acceptors (Lipinski definition) is 2. The number of carbonyl (C=O) groups is 1. The predicted molar refractivity (Wildman–Crippen MR) is 83.1 cm³/mol. The van der Waals surface area contributed by atoms with Gasteiger partial charge in [-0.25, -0.2) is 4.79 Å². The zero-order valence-electron chi connectivity index (χ0n) is 12.1. The largest absolute Gasteiger partial charge is 0.508 e. The topological polar surface area (TPSA) is 52.6 Å².